The quantitative estimate of drug-likeness (QED) is 0.839. The van der Waals surface area contributed by atoms with E-state index >= 15 is 0 Å². The van der Waals surface area contributed by atoms with Gasteiger partial charge in [0.1, 0.15) is 6.33 Å². The van der Waals surface area contributed by atoms with Crippen molar-refractivity contribution in [1.82, 2.24) is 20.1 Å². The van der Waals surface area contributed by atoms with Crippen LogP contribution in [0.25, 0.3) is 0 Å². The zero-order valence-electron chi connectivity index (χ0n) is 9.73. The summed E-state index contributed by atoms with van der Waals surface area (Å²) in [7, 11) is 0. The van der Waals surface area contributed by atoms with Crippen molar-refractivity contribution in [3.63, 3.8) is 0 Å². The Kier molecular flexibility index (Phi) is 2.91. The molecule has 1 N–H and O–H groups in total. The number of hydrogen-bond acceptors (Lipinski definition) is 3. The van der Waals surface area contributed by atoms with Crippen LogP contribution in [0.2, 0.25) is 0 Å². The molecule has 2 heterocycles. The molecule has 2 fully saturated rings. The molecule has 1 aliphatic carbocycles. The zero-order valence-corrected chi connectivity index (χ0v) is 9.73. The summed E-state index contributed by atoms with van der Waals surface area (Å²) in [6.07, 6.45) is 9.70. The predicted octanol–water partition coefficient (Wildman–Crippen LogP) is 1.69. The molecule has 0 bridgehead atoms. The van der Waals surface area contributed by atoms with E-state index in [1.165, 1.54) is 45.1 Å². The molecule has 0 spiro atoms. The molecule has 4 nitrogen and oxygen atoms in total. The molecule has 1 aromatic rings. The minimum Gasteiger partial charge on any atom is -0.314 e. The predicted molar refractivity (Wildman–Crippen MR) is 62.3 cm³/mol. The summed E-state index contributed by atoms with van der Waals surface area (Å²) in [5.74, 6) is 1.74. The number of hydrogen-bond donors (Lipinski definition) is 1. The topological polar surface area (TPSA) is 42.7 Å². The fourth-order valence-corrected chi connectivity index (χ4v) is 2.40. The maximum Gasteiger partial charge on any atom is 0.153 e. The second kappa shape index (κ2) is 4.53. The molecule has 3 rings (SSSR count). The van der Waals surface area contributed by atoms with Gasteiger partial charge in [0.05, 0.1) is 0 Å². The first-order valence-electron chi connectivity index (χ1n) is 6.54. The third kappa shape index (κ3) is 2.43. The smallest absolute Gasteiger partial charge is 0.153 e. The summed E-state index contributed by atoms with van der Waals surface area (Å²) in [6, 6.07) is 0.697. The average molecular weight is 220 g/mol. The van der Waals surface area contributed by atoms with Crippen molar-refractivity contribution < 1.29 is 0 Å². The van der Waals surface area contributed by atoms with Crippen molar-refractivity contribution >= 4 is 0 Å². The van der Waals surface area contributed by atoms with Crippen LogP contribution in [0.5, 0.6) is 0 Å². The van der Waals surface area contributed by atoms with Gasteiger partial charge in [0.25, 0.3) is 0 Å². The summed E-state index contributed by atoms with van der Waals surface area (Å²) in [6.45, 7) is 2.20. The van der Waals surface area contributed by atoms with E-state index in [-0.39, 0.29) is 0 Å². The van der Waals surface area contributed by atoms with Crippen molar-refractivity contribution in [2.24, 2.45) is 0 Å². The van der Waals surface area contributed by atoms with E-state index in [0.717, 1.165) is 12.4 Å². The Labute approximate surface area is 96.4 Å². The van der Waals surface area contributed by atoms with E-state index in [2.05, 4.69) is 15.4 Å². The molecule has 1 aliphatic heterocycles. The third-order valence-electron chi connectivity index (χ3n) is 3.62. The summed E-state index contributed by atoms with van der Waals surface area (Å²) < 4.78 is 2.02. The maximum atomic E-state index is 4.53. The third-order valence-corrected chi connectivity index (χ3v) is 3.62. The van der Waals surface area contributed by atoms with E-state index in [4.69, 9.17) is 0 Å². The van der Waals surface area contributed by atoms with Gasteiger partial charge in [0, 0.05) is 18.5 Å². The van der Waals surface area contributed by atoms with E-state index in [0.29, 0.717) is 12.0 Å². The van der Waals surface area contributed by atoms with Gasteiger partial charge >= 0.3 is 0 Å². The molecular weight excluding hydrogens is 200 g/mol. The first kappa shape index (κ1) is 10.3. The van der Waals surface area contributed by atoms with Gasteiger partial charge in [-0.05, 0) is 38.6 Å². The van der Waals surface area contributed by atoms with Gasteiger partial charge in [-0.15, -0.1) is 0 Å². The Morgan fingerprint density at radius 2 is 2.25 bits per heavy atom. The summed E-state index contributed by atoms with van der Waals surface area (Å²) >= 11 is 0. The first-order valence-corrected chi connectivity index (χ1v) is 6.54. The van der Waals surface area contributed by atoms with E-state index in [1.54, 1.807) is 0 Å². The van der Waals surface area contributed by atoms with Gasteiger partial charge in [-0.2, -0.15) is 5.10 Å². The summed E-state index contributed by atoms with van der Waals surface area (Å²) in [5, 5.41) is 8.10. The molecule has 0 radical (unpaired) electrons. The van der Waals surface area contributed by atoms with Crippen molar-refractivity contribution in [1.29, 1.82) is 0 Å². The normalized spacial score (nSPS) is 25.9. The van der Waals surface area contributed by atoms with Gasteiger partial charge in [0.2, 0.25) is 0 Å². The van der Waals surface area contributed by atoms with Crippen LogP contribution in [0.1, 0.15) is 50.3 Å². The van der Waals surface area contributed by atoms with Crippen molar-refractivity contribution in [3.05, 3.63) is 12.2 Å². The van der Waals surface area contributed by atoms with Crippen LogP contribution < -0.4 is 5.32 Å². The van der Waals surface area contributed by atoms with Crippen LogP contribution in [0.15, 0.2) is 6.33 Å². The lowest BCUT2D eigenvalue weighted by molar-refractivity contribution is 0.360. The van der Waals surface area contributed by atoms with Gasteiger partial charge in [-0.25, -0.2) is 4.98 Å². The second-order valence-electron chi connectivity index (χ2n) is 5.08. The van der Waals surface area contributed by atoms with Crippen LogP contribution in [-0.2, 0) is 6.54 Å². The SMILES string of the molecule is c1nc(C2CC2)nn1CCC1CCCCN1. The van der Waals surface area contributed by atoms with E-state index in [1.807, 2.05) is 11.0 Å². The van der Waals surface area contributed by atoms with Crippen molar-refractivity contribution in [2.45, 2.75) is 57.0 Å². The molecule has 0 aromatic carbocycles. The summed E-state index contributed by atoms with van der Waals surface area (Å²) in [4.78, 5) is 4.37. The lowest BCUT2D eigenvalue weighted by atomic mass is 10.0. The van der Waals surface area contributed by atoms with E-state index < -0.39 is 0 Å². The van der Waals surface area contributed by atoms with Gasteiger partial charge < -0.3 is 5.32 Å². The standard InChI is InChI=1S/C12H20N4/c1-2-7-13-11(3-1)6-8-16-9-14-12(15-16)10-4-5-10/h9-11,13H,1-8H2. The Morgan fingerprint density at radius 3 is 3.00 bits per heavy atom. The Morgan fingerprint density at radius 1 is 1.31 bits per heavy atom. The highest BCUT2D eigenvalue weighted by Crippen LogP contribution is 2.37. The maximum absolute atomic E-state index is 4.53. The number of nitrogens with one attached hydrogen (secondary N) is 1. The molecule has 1 aromatic heterocycles. The highest BCUT2D eigenvalue weighted by Gasteiger charge is 2.27. The van der Waals surface area contributed by atoms with Crippen LogP contribution in [0, 0.1) is 0 Å². The van der Waals surface area contributed by atoms with Crippen LogP contribution >= 0.6 is 0 Å². The number of nitrogens with zero attached hydrogens (tertiary/aromatic N) is 3. The molecular formula is C12H20N4. The van der Waals surface area contributed by atoms with Crippen LogP contribution in [-0.4, -0.2) is 27.4 Å². The minimum absolute atomic E-state index is 0.675. The number of aryl methyl sites for hydroxylation is 1. The van der Waals surface area contributed by atoms with Crippen LogP contribution in [0.3, 0.4) is 0 Å². The molecule has 2 aliphatic rings. The summed E-state index contributed by atoms with van der Waals surface area (Å²) in [5.41, 5.74) is 0. The Hall–Kier alpha value is -0.900. The monoisotopic (exact) mass is 220 g/mol. The molecule has 0 amide bonds. The molecule has 88 valence electrons. The zero-order chi connectivity index (χ0) is 10.8. The molecule has 1 unspecified atom stereocenters. The lowest BCUT2D eigenvalue weighted by Gasteiger charge is -2.23. The highest BCUT2D eigenvalue weighted by atomic mass is 15.3. The molecule has 1 saturated carbocycles. The van der Waals surface area contributed by atoms with Gasteiger partial charge in [-0.3, -0.25) is 4.68 Å². The number of rotatable bonds is 4. The van der Waals surface area contributed by atoms with Crippen molar-refractivity contribution in [2.75, 3.05) is 6.54 Å². The minimum atomic E-state index is 0.675. The fourth-order valence-electron chi connectivity index (χ4n) is 2.40. The highest BCUT2D eigenvalue weighted by molar-refractivity contribution is 5.02. The molecule has 1 atom stereocenters. The molecule has 16 heavy (non-hydrogen) atoms. The average Bonchev–Trinajstić information content (AvgIpc) is 3.08. The lowest BCUT2D eigenvalue weighted by Crippen LogP contribution is -2.34. The van der Waals surface area contributed by atoms with E-state index in [9.17, 15) is 0 Å². The Bertz CT molecular complexity index is 337. The number of piperidine rings is 1. The van der Waals surface area contributed by atoms with Crippen molar-refractivity contribution in [3.8, 4) is 0 Å². The second-order valence-corrected chi connectivity index (χ2v) is 5.08. The fraction of sp³-hybridized carbons (Fsp3) is 0.833. The van der Waals surface area contributed by atoms with Gasteiger partial charge in [0.15, 0.2) is 5.82 Å². The largest absolute Gasteiger partial charge is 0.314 e. The number of aromatic nitrogens is 3. The van der Waals surface area contributed by atoms with Crippen LogP contribution in [0.4, 0.5) is 0 Å². The molecule has 4 heteroatoms. The van der Waals surface area contributed by atoms with Gasteiger partial charge in [-0.1, -0.05) is 6.42 Å². The first-order chi connectivity index (χ1) is 7.92. The Balaban J connectivity index is 1.49. The molecule has 1 saturated heterocycles.